The Morgan fingerprint density at radius 1 is 1.10 bits per heavy atom. The van der Waals surface area contributed by atoms with Gasteiger partial charge in [0.05, 0.1) is 47.3 Å². The number of ketones is 1. The molecule has 1 N–H and O–H groups in total. The lowest BCUT2D eigenvalue weighted by molar-refractivity contribution is -0.0294. The zero-order valence-corrected chi connectivity index (χ0v) is 22.0. The highest BCUT2D eigenvalue weighted by atomic mass is 16.3. The molecule has 0 bridgehead atoms. The molecule has 2 aromatic heterocycles. The monoisotopic (exact) mass is 517 g/mol. The van der Waals surface area contributed by atoms with Crippen molar-refractivity contribution in [3.8, 4) is 0 Å². The fourth-order valence-electron chi connectivity index (χ4n) is 6.51. The highest BCUT2D eigenvalue weighted by Crippen LogP contribution is 2.37. The Balaban J connectivity index is 1.08. The van der Waals surface area contributed by atoms with Crippen molar-refractivity contribution in [1.29, 1.82) is 0 Å². The second-order valence-electron chi connectivity index (χ2n) is 11.3. The number of aliphatic imine (C=N–C) groups is 1. The fraction of sp³-hybridized carbons (Fsp3) is 0.312. The summed E-state index contributed by atoms with van der Waals surface area (Å²) in [6, 6.07) is 20.2. The summed E-state index contributed by atoms with van der Waals surface area (Å²) < 4.78 is 3.86. The zero-order valence-electron chi connectivity index (χ0n) is 22.0. The van der Waals surface area contributed by atoms with Gasteiger partial charge in [-0.05, 0) is 61.1 Å². The molecule has 0 spiro atoms. The molecule has 7 rings (SSSR count). The number of rotatable bonds is 6. The molecule has 5 aromatic rings. The van der Waals surface area contributed by atoms with Gasteiger partial charge in [-0.25, -0.2) is 4.98 Å². The molecule has 7 nitrogen and oxygen atoms in total. The summed E-state index contributed by atoms with van der Waals surface area (Å²) in [5.74, 6) is 0.287. The summed E-state index contributed by atoms with van der Waals surface area (Å²) >= 11 is 0. The van der Waals surface area contributed by atoms with E-state index in [1.807, 2.05) is 77.4 Å². The number of hydrogen-bond donors (Lipinski definition) is 1. The van der Waals surface area contributed by atoms with Gasteiger partial charge < -0.3 is 9.67 Å². The largest absolute Gasteiger partial charge is 0.388 e. The molecule has 1 fully saturated rings. The van der Waals surface area contributed by atoms with Crippen LogP contribution in [0.1, 0.15) is 59.2 Å². The highest BCUT2D eigenvalue weighted by molar-refractivity contribution is 6.17. The van der Waals surface area contributed by atoms with Crippen LogP contribution in [0.4, 0.5) is 0 Å². The van der Waals surface area contributed by atoms with Crippen molar-refractivity contribution < 1.29 is 9.90 Å². The highest BCUT2D eigenvalue weighted by Gasteiger charge is 2.36. The van der Waals surface area contributed by atoms with Crippen molar-refractivity contribution in [3.05, 3.63) is 95.4 Å². The van der Waals surface area contributed by atoms with E-state index in [9.17, 15) is 9.90 Å². The van der Waals surface area contributed by atoms with Crippen molar-refractivity contribution in [2.45, 2.75) is 50.8 Å². The minimum absolute atomic E-state index is 0.133. The molecule has 1 aliphatic carbocycles. The first-order valence-electron chi connectivity index (χ1n) is 13.7. The molecular weight excluding hydrogens is 486 g/mol. The van der Waals surface area contributed by atoms with Crippen molar-refractivity contribution >= 4 is 33.4 Å². The summed E-state index contributed by atoms with van der Waals surface area (Å²) in [5.41, 5.74) is 6.97. The van der Waals surface area contributed by atoms with E-state index in [1.165, 1.54) is 0 Å². The number of fused-ring (bicyclic) bond motifs is 3. The van der Waals surface area contributed by atoms with Gasteiger partial charge in [0.1, 0.15) is 0 Å². The SMILES string of the molecule is Cn1cc2cc(C3=NCc4ccc(C(=O)C[C@@H]5CCC[C@@](O)(Cn6cnc7ccccc76)C5)cc43)ccc2n1. The Kier molecular flexibility index (Phi) is 5.70. The van der Waals surface area contributed by atoms with E-state index in [0.717, 1.165) is 69.2 Å². The molecule has 1 aliphatic heterocycles. The summed E-state index contributed by atoms with van der Waals surface area (Å²) in [6.45, 7) is 1.13. The number of aromatic nitrogens is 4. The van der Waals surface area contributed by atoms with Crippen LogP contribution in [0.25, 0.3) is 21.9 Å². The number of para-hydroxylation sites is 2. The second-order valence-corrected chi connectivity index (χ2v) is 11.3. The average Bonchev–Trinajstić information content (AvgIpc) is 3.63. The summed E-state index contributed by atoms with van der Waals surface area (Å²) in [7, 11) is 1.92. The van der Waals surface area contributed by atoms with Crippen LogP contribution in [0.15, 0.2) is 78.2 Å². The number of hydrogen-bond acceptors (Lipinski definition) is 5. The Morgan fingerprint density at radius 3 is 2.92 bits per heavy atom. The number of nitrogens with zero attached hydrogens (tertiary/aromatic N) is 5. The normalized spacial score (nSPS) is 20.9. The van der Waals surface area contributed by atoms with Gasteiger partial charge in [0.25, 0.3) is 0 Å². The minimum Gasteiger partial charge on any atom is -0.388 e. The number of aliphatic hydroxyl groups is 1. The summed E-state index contributed by atoms with van der Waals surface area (Å²) in [6.07, 6.45) is 7.50. The van der Waals surface area contributed by atoms with Crippen LogP contribution < -0.4 is 0 Å². The number of Topliss-reactive ketones (excluding diaryl/α,β-unsaturated/α-hetero) is 1. The maximum absolute atomic E-state index is 13.5. The first-order valence-corrected chi connectivity index (χ1v) is 13.7. The van der Waals surface area contributed by atoms with Gasteiger partial charge in [-0.1, -0.05) is 36.8 Å². The van der Waals surface area contributed by atoms with Gasteiger partial charge in [0.2, 0.25) is 0 Å². The maximum Gasteiger partial charge on any atom is 0.163 e. The lowest BCUT2D eigenvalue weighted by Crippen LogP contribution is -2.39. The van der Waals surface area contributed by atoms with Crippen LogP contribution >= 0.6 is 0 Å². The van der Waals surface area contributed by atoms with Crippen molar-refractivity contribution in [2.75, 3.05) is 0 Å². The third-order valence-corrected chi connectivity index (χ3v) is 8.38. The zero-order chi connectivity index (χ0) is 26.6. The van der Waals surface area contributed by atoms with Crippen LogP contribution in [-0.2, 0) is 20.1 Å². The van der Waals surface area contributed by atoms with Gasteiger partial charge in [0.15, 0.2) is 5.78 Å². The molecule has 39 heavy (non-hydrogen) atoms. The summed E-state index contributed by atoms with van der Waals surface area (Å²) in [5, 5.41) is 17.1. The van der Waals surface area contributed by atoms with Crippen LogP contribution in [0.5, 0.6) is 0 Å². The van der Waals surface area contributed by atoms with E-state index in [4.69, 9.17) is 4.99 Å². The van der Waals surface area contributed by atoms with E-state index in [-0.39, 0.29) is 11.7 Å². The van der Waals surface area contributed by atoms with E-state index in [1.54, 1.807) is 0 Å². The molecule has 196 valence electrons. The smallest absolute Gasteiger partial charge is 0.163 e. The Hall–Kier alpha value is -4.10. The standard InChI is InChI=1S/C32H31N5O2/c1-36-18-25-14-23(10-11-27(25)35-36)31-26-15-22(8-9-24(26)17-33-31)30(38)13-21-5-4-12-32(39,16-21)19-37-20-34-28-6-2-3-7-29(28)37/h2-3,6-11,14-15,18,20-21,39H,4-5,12-13,16-17,19H2,1H3/t21-,32-/m0/s1. The van der Waals surface area contributed by atoms with Gasteiger partial charge in [-0.2, -0.15) is 5.10 Å². The first kappa shape index (κ1) is 24.0. The van der Waals surface area contributed by atoms with Gasteiger partial charge in [-0.3, -0.25) is 14.5 Å². The van der Waals surface area contributed by atoms with Crippen LogP contribution in [0.2, 0.25) is 0 Å². The first-order chi connectivity index (χ1) is 18.9. The van der Waals surface area contributed by atoms with E-state index in [2.05, 4.69) is 22.2 Å². The predicted octanol–water partition coefficient (Wildman–Crippen LogP) is 5.47. The minimum atomic E-state index is -0.838. The quantitative estimate of drug-likeness (QED) is 0.303. The lowest BCUT2D eigenvalue weighted by Gasteiger charge is -2.37. The van der Waals surface area contributed by atoms with Crippen molar-refractivity contribution in [3.63, 3.8) is 0 Å². The Morgan fingerprint density at radius 2 is 2.00 bits per heavy atom. The molecule has 7 heteroatoms. The number of benzene rings is 3. The average molecular weight is 518 g/mol. The molecule has 3 aromatic carbocycles. The van der Waals surface area contributed by atoms with E-state index >= 15 is 0 Å². The van der Waals surface area contributed by atoms with Crippen molar-refractivity contribution in [2.24, 2.45) is 18.0 Å². The molecule has 1 saturated carbocycles. The number of aryl methyl sites for hydroxylation is 1. The molecule has 2 aliphatic rings. The fourth-order valence-corrected chi connectivity index (χ4v) is 6.51. The topological polar surface area (TPSA) is 85.3 Å². The molecule has 0 radical (unpaired) electrons. The third kappa shape index (κ3) is 4.46. The molecule has 0 amide bonds. The van der Waals surface area contributed by atoms with E-state index in [0.29, 0.717) is 25.9 Å². The van der Waals surface area contributed by atoms with Crippen LogP contribution in [0.3, 0.4) is 0 Å². The number of imidazole rings is 1. The molecular formula is C32H31N5O2. The predicted molar refractivity (Wildman–Crippen MR) is 152 cm³/mol. The molecule has 0 saturated heterocycles. The van der Waals surface area contributed by atoms with Crippen LogP contribution in [0, 0.1) is 5.92 Å². The number of carbonyl (C=O) groups is 1. The molecule has 3 heterocycles. The van der Waals surface area contributed by atoms with Gasteiger partial charge >= 0.3 is 0 Å². The second kappa shape index (κ2) is 9.27. The van der Waals surface area contributed by atoms with Gasteiger partial charge in [-0.15, -0.1) is 0 Å². The maximum atomic E-state index is 13.5. The number of carbonyl (C=O) groups excluding carboxylic acids is 1. The Labute approximate surface area is 226 Å². The van der Waals surface area contributed by atoms with Crippen LogP contribution in [-0.4, -0.2) is 41.5 Å². The third-order valence-electron chi connectivity index (χ3n) is 8.38. The molecule has 0 unspecified atom stereocenters. The molecule has 2 atom stereocenters. The summed E-state index contributed by atoms with van der Waals surface area (Å²) in [4.78, 5) is 22.8. The van der Waals surface area contributed by atoms with Crippen molar-refractivity contribution in [1.82, 2.24) is 19.3 Å². The van der Waals surface area contributed by atoms with Gasteiger partial charge in [0, 0.05) is 41.7 Å². The van der Waals surface area contributed by atoms with E-state index < -0.39 is 5.60 Å². The lowest BCUT2D eigenvalue weighted by atomic mass is 9.75. The Bertz CT molecular complexity index is 1760.